The highest BCUT2D eigenvalue weighted by Gasteiger charge is 2.38. The number of aromatic nitrogens is 2. The third-order valence-corrected chi connectivity index (χ3v) is 5.18. The minimum atomic E-state index is -0.0919. The van der Waals surface area contributed by atoms with Crippen LogP contribution in [0.2, 0.25) is 0 Å². The summed E-state index contributed by atoms with van der Waals surface area (Å²) < 4.78 is 1.87. The molecule has 0 unspecified atom stereocenters. The van der Waals surface area contributed by atoms with Crippen molar-refractivity contribution in [2.24, 2.45) is 18.9 Å². The van der Waals surface area contributed by atoms with Gasteiger partial charge in [0.1, 0.15) is 0 Å². The van der Waals surface area contributed by atoms with Crippen LogP contribution in [0.5, 0.6) is 0 Å². The molecule has 0 radical (unpaired) electrons. The molecular formula is C16H27N3O. The van der Waals surface area contributed by atoms with Crippen molar-refractivity contribution >= 4 is 0 Å². The summed E-state index contributed by atoms with van der Waals surface area (Å²) in [4.78, 5) is 2.57. The molecule has 4 atom stereocenters. The lowest BCUT2D eigenvalue weighted by atomic mass is 9.76. The predicted octanol–water partition coefficient (Wildman–Crippen LogP) is 2.18. The van der Waals surface area contributed by atoms with Gasteiger partial charge in [-0.15, -0.1) is 0 Å². The molecule has 112 valence electrons. The van der Waals surface area contributed by atoms with Gasteiger partial charge in [-0.25, -0.2) is 0 Å². The lowest BCUT2D eigenvalue weighted by molar-refractivity contribution is 0.00553. The van der Waals surface area contributed by atoms with Crippen LogP contribution in [0.1, 0.15) is 44.6 Å². The van der Waals surface area contributed by atoms with Crippen molar-refractivity contribution in [1.82, 2.24) is 14.7 Å². The van der Waals surface area contributed by atoms with Crippen LogP contribution in [0.15, 0.2) is 12.4 Å². The van der Waals surface area contributed by atoms with Crippen LogP contribution in [-0.4, -0.2) is 38.5 Å². The number of aliphatic hydroxyl groups excluding tert-OH is 1. The molecule has 1 saturated heterocycles. The lowest BCUT2D eigenvalue weighted by Crippen LogP contribution is -2.43. The highest BCUT2D eigenvalue weighted by molar-refractivity contribution is 5.05. The highest BCUT2D eigenvalue weighted by atomic mass is 16.3. The maximum atomic E-state index is 10.4. The zero-order chi connectivity index (χ0) is 14.1. The second kappa shape index (κ2) is 5.86. The summed E-state index contributed by atoms with van der Waals surface area (Å²) in [6.07, 6.45) is 9.86. The van der Waals surface area contributed by atoms with Gasteiger partial charge in [-0.05, 0) is 44.6 Å². The molecule has 1 aromatic rings. The fourth-order valence-electron chi connectivity index (χ4n) is 4.14. The molecule has 4 nitrogen and oxygen atoms in total. The van der Waals surface area contributed by atoms with E-state index < -0.39 is 0 Å². The SMILES string of the molecule is C[C@@H]1CC[C@H](O)[C@H]([C@@H]2CCCN2Cc2cnn(C)c2)C1. The van der Waals surface area contributed by atoms with Gasteiger partial charge in [-0.2, -0.15) is 5.10 Å². The normalized spacial score (nSPS) is 35.5. The van der Waals surface area contributed by atoms with Crippen LogP contribution in [0.4, 0.5) is 0 Å². The van der Waals surface area contributed by atoms with Crippen LogP contribution in [0.3, 0.4) is 0 Å². The standard InChI is InChI=1S/C16H27N3O/c1-12-5-6-16(20)14(8-12)15-4-3-7-19(15)11-13-9-17-18(2)10-13/h9-10,12,14-16,20H,3-8,11H2,1-2H3/t12-,14+,15+,16+/m1/s1. The van der Waals surface area contributed by atoms with E-state index in [9.17, 15) is 5.11 Å². The van der Waals surface area contributed by atoms with Gasteiger partial charge in [0.15, 0.2) is 0 Å². The fourth-order valence-corrected chi connectivity index (χ4v) is 4.14. The van der Waals surface area contributed by atoms with Crippen molar-refractivity contribution in [3.63, 3.8) is 0 Å². The first-order valence-electron chi connectivity index (χ1n) is 8.03. The van der Waals surface area contributed by atoms with Gasteiger partial charge < -0.3 is 5.11 Å². The van der Waals surface area contributed by atoms with Gasteiger partial charge in [0.05, 0.1) is 12.3 Å². The zero-order valence-corrected chi connectivity index (χ0v) is 12.7. The monoisotopic (exact) mass is 277 g/mol. The Hall–Kier alpha value is -0.870. The molecule has 0 aromatic carbocycles. The topological polar surface area (TPSA) is 41.3 Å². The molecule has 2 fully saturated rings. The molecule has 2 heterocycles. The van der Waals surface area contributed by atoms with E-state index in [0.717, 1.165) is 25.4 Å². The van der Waals surface area contributed by atoms with E-state index in [1.165, 1.54) is 31.2 Å². The fraction of sp³-hybridized carbons (Fsp3) is 0.812. The minimum Gasteiger partial charge on any atom is -0.393 e. The number of rotatable bonds is 3. The Morgan fingerprint density at radius 2 is 2.20 bits per heavy atom. The summed E-state index contributed by atoms with van der Waals surface area (Å²) in [5.41, 5.74) is 1.29. The molecule has 1 saturated carbocycles. The van der Waals surface area contributed by atoms with E-state index in [0.29, 0.717) is 12.0 Å². The zero-order valence-electron chi connectivity index (χ0n) is 12.7. The molecule has 1 N–H and O–H groups in total. The van der Waals surface area contributed by atoms with E-state index in [2.05, 4.69) is 23.1 Å². The Kier molecular flexibility index (Phi) is 4.13. The molecule has 1 aromatic heterocycles. The molecule has 0 spiro atoms. The van der Waals surface area contributed by atoms with Crippen molar-refractivity contribution in [2.75, 3.05) is 6.54 Å². The highest BCUT2D eigenvalue weighted by Crippen LogP contribution is 2.37. The molecule has 0 bridgehead atoms. The molecule has 2 aliphatic rings. The Bertz CT molecular complexity index is 445. The number of hydrogen-bond donors (Lipinski definition) is 1. The average Bonchev–Trinajstić information content (AvgIpc) is 3.02. The van der Waals surface area contributed by atoms with E-state index in [-0.39, 0.29) is 6.10 Å². The Balaban J connectivity index is 1.68. The Labute approximate surface area is 121 Å². The van der Waals surface area contributed by atoms with Gasteiger partial charge in [0, 0.05) is 37.3 Å². The maximum Gasteiger partial charge on any atom is 0.0583 e. The number of hydrogen-bond acceptors (Lipinski definition) is 3. The molecule has 0 amide bonds. The van der Waals surface area contributed by atoms with E-state index >= 15 is 0 Å². The number of nitrogens with zero attached hydrogens (tertiary/aromatic N) is 3. The van der Waals surface area contributed by atoms with Crippen molar-refractivity contribution in [3.05, 3.63) is 18.0 Å². The van der Waals surface area contributed by atoms with Crippen LogP contribution in [0, 0.1) is 11.8 Å². The van der Waals surface area contributed by atoms with Crippen LogP contribution >= 0.6 is 0 Å². The summed E-state index contributed by atoms with van der Waals surface area (Å²) in [6, 6.07) is 0.563. The van der Waals surface area contributed by atoms with Crippen molar-refractivity contribution < 1.29 is 5.11 Å². The molecule has 1 aliphatic heterocycles. The second-order valence-corrected chi connectivity index (χ2v) is 6.85. The van der Waals surface area contributed by atoms with Gasteiger partial charge in [0.2, 0.25) is 0 Å². The molecular weight excluding hydrogens is 250 g/mol. The van der Waals surface area contributed by atoms with E-state index in [4.69, 9.17) is 0 Å². The van der Waals surface area contributed by atoms with Gasteiger partial charge in [0.25, 0.3) is 0 Å². The largest absolute Gasteiger partial charge is 0.393 e. The second-order valence-electron chi connectivity index (χ2n) is 6.85. The predicted molar refractivity (Wildman–Crippen MR) is 79.2 cm³/mol. The van der Waals surface area contributed by atoms with Crippen LogP contribution < -0.4 is 0 Å². The quantitative estimate of drug-likeness (QED) is 0.920. The van der Waals surface area contributed by atoms with Crippen molar-refractivity contribution in [2.45, 2.75) is 57.7 Å². The summed E-state index contributed by atoms with van der Waals surface area (Å²) in [5.74, 6) is 1.24. The average molecular weight is 277 g/mol. The van der Waals surface area contributed by atoms with E-state index in [1.54, 1.807) is 0 Å². The molecule has 4 heteroatoms. The first-order chi connectivity index (χ1) is 9.63. The maximum absolute atomic E-state index is 10.4. The third kappa shape index (κ3) is 2.91. The first-order valence-corrected chi connectivity index (χ1v) is 8.03. The summed E-state index contributed by atoms with van der Waals surface area (Å²) in [5, 5.41) is 14.7. The Morgan fingerprint density at radius 3 is 2.95 bits per heavy atom. The minimum absolute atomic E-state index is 0.0919. The number of likely N-dealkylation sites (tertiary alicyclic amines) is 1. The smallest absolute Gasteiger partial charge is 0.0583 e. The molecule has 20 heavy (non-hydrogen) atoms. The lowest BCUT2D eigenvalue weighted by Gasteiger charge is -2.39. The summed E-state index contributed by atoms with van der Waals surface area (Å²) in [6.45, 7) is 4.48. The summed E-state index contributed by atoms with van der Waals surface area (Å²) >= 11 is 0. The molecule has 3 rings (SSSR count). The third-order valence-electron chi connectivity index (χ3n) is 5.18. The van der Waals surface area contributed by atoms with E-state index in [1.807, 2.05) is 17.9 Å². The first kappa shape index (κ1) is 14.1. The van der Waals surface area contributed by atoms with Crippen molar-refractivity contribution in [3.8, 4) is 0 Å². The summed E-state index contributed by atoms with van der Waals surface area (Å²) in [7, 11) is 1.97. The van der Waals surface area contributed by atoms with Crippen molar-refractivity contribution in [1.29, 1.82) is 0 Å². The number of aryl methyl sites for hydroxylation is 1. The Morgan fingerprint density at radius 1 is 1.35 bits per heavy atom. The van der Waals surface area contributed by atoms with Gasteiger partial charge in [-0.3, -0.25) is 9.58 Å². The van der Waals surface area contributed by atoms with Crippen LogP contribution in [0.25, 0.3) is 0 Å². The van der Waals surface area contributed by atoms with Gasteiger partial charge in [-0.1, -0.05) is 6.92 Å². The van der Waals surface area contributed by atoms with Gasteiger partial charge >= 0.3 is 0 Å². The number of aliphatic hydroxyl groups is 1. The molecule has 1 aliphatic carbocycles. The van der Waals surface area contributed by atoms with Crippen LogP contribution in [-0.2, 0) is 13.6 Å².